The molecule has 0 fully saturated rings. The van der Waals surface area contributed by atoms with Crippen molar-refractivity contribution >= 4 is 64.8 Å². The number of hydrogen-bond donors (Lipinski definition) is 0. The lowest BCUT2D eigenvalue weighted by Crippen LogP contribution is -2.01. The summed E-state index contributed by atoms with van der Waals surface area (Å²) in [6.45, 7) is 91.8. The van der Waals surface area contributed by atoms with Crippen LogP contribution >= 0.6 is 0 Å². The van der Waals surface area contributed by atoms with Crippen LogP contribution in [0.2, 0.25) is 0 Å². The Balaban J connectivity index is 0.000000172. The summed E-state index contributed by atoms with van der Waals surface area (Å²) in [6, 6.07) is 0. The van der Waals surface area contributed by atoms with Gasteiger partial charge in [-0.3, -0.25) is 29.9 Å². The molecule has 540 valence electrons. The molecule has 6 aromatic heterocycles. The highest BCUT2D eigenvalue weighted by molar-refractivity contribution is 5.99. The molecule has 0 saturated heterocycles. The molecule has 0 aliphatic rings. The van der Waals surface area contributed by atoms with E-state index >= 15 is 0 Å². The minimum Gasteiger partial charge on any atom is -0.258 e. The van der Waals surface area contributed by atoms with Crippen LogP contribution in [0.4, 0.5) is 0 Å². The summed E-state index contributed by atoms with van der Waals surface area (Å²) < 4.78 is 0. The monoisotopic (exact) mass is 1360 g/mol. The summed E-state index contributed by atoms with van der Waals surface area (Å²) >= 11 is 0. The Kier molecular flexibility index (Phi) is 24.3. The van der Waals surface area contributed by atoms with Gasteiger partial charge in [0.25, 0.3) is 0 Å². The fraction of sp³-hybridized carbons (Fsp3) is 0.438. The smallest absolute Gasteiger partial charge is 0.0742 e. The van der Waals surface area contributed by atoms with Crippen molar-refractivity contribution in [3.8, 4) is 0 Å². The zero-order chi connectivity index (χ0) is 77.4. The maximum atomic E-state index is 4.80. The van der Waals surface area contributed by atoms with Gasteiger partial charge >= 0.3 is 0 Å². The lowest BCUT2D eigenvalue weighted by Gasteiger charge is -2.18. The van der Waals surface area contributed by atoms with Crippen LogP contribution in [0.1, 0.15) is 235 Å². The molecular weight excluding hydrogens is 1240 g/mol. The maximum Gasteiger partial charge on any atom is 0.0742 e. The van der Waals surface area contributed by atoms with Gasteiger partial charge in [0.15, 0.2) is 0 Å². The van der Waals surface area contributed by atoms with E-state index in [4.69, 9.17) is 4.98 Å². The van der Waals surface area contributed by atoms with Gasteiger partial charge in [-0.25, -0.2) is 0 Å². The zero-order valence-electron chi connectivity index (χ0n) is 71.7. The van der Waals surface area contributed by atoms with Crippen LogP contribution in [-0.2, 0) is 0 Å². The van der Waals surface area contributed by atoms with Gasteiger partial charge in [0.1, 0.15) is 0 Å². The average molecular weight is 1360 g/mol. The molecule has 0 unspecified atom stereocenters. The second-order valence-corrected chi connectivity index (χ2v) is 31.0. The Bertz CT molecular complexity index is 4790. The lowest BCUT2D eigenvalue weighted by molar-refractivity contribution is 1.10. The largest absolute Gasteiger partial charge is 0.258 e. The number of rotatable bonds is 0. The van der Waals surface area contributed by atoms with Gasteiger partial charge < -0.3 is 0 Å². The van der Waals surface area contributed by atoms with Gasteiger partial charge in [-0.2, -0.15) is 0 Å². The molecule has 102 heavy (non-hydrogen) atoms. The molecule has 6 heteroatoms. The topological polar surface area (TPSA) is 77.3 Å². The molecule has 12 aromatic rings. The highest BCUT2D eigenvalue weighted by atomic mass is 14.7. The predicted molar refractivity (Wildman–Crippen MR) is 449 cm³/mol. The van der Waals surface area contributed by atoms with E-state index < -0.39 is 0 Å². The molecule has 0 bridgehead atoms. The van der Waals surface area contributed by atoms with E-state index in [1.807, 2.05) is 0 Å². The van der Waals surface area contributed by atoms with Crippen LogP contribution in [-0.4, -0.2) is 29.9 Å². The first-order valence-corrected chi connectivity index (χ1v) is 37.2. The second-order valence-electron chi connectivity index (χ2n) is 31.0. The van der Waals surface area contributed by atoms with Crippen LogP contribution in [0.3, 0.4) is 0 Å². The number of nitrogens with zero attached hydrogens (tertiary/aromatic N) is 6. The van der Waals surface area contributed by atoms with E-state index in [9.17, 15) is 0 Å². The van der Waals surface area contributed by atoms with Crippen LogP contribution in [0.5, 0.6) is 0 Å². The SMILES string of the molecule is Cc1nc(C)c2c(C)c(C)c(C)c(C)c2c1C.Cc1nc(C)c2c(C)c(C)c(C)c(C)c2c1C.Cc1nc(C)c2c(C)c(C)c(C)c(C)c2c1C.Cc1nc(C)c2c(C)c(C)c(C)c(C)c2c1C.Cc1nc(C)c2c(C)c(C)c(C)c(C)c2c1C.Cc1nc2c(C)c(C)c(C)c(C)c2c(C)c1C. The van der Waals surface area contributed by atoms with Crippen molar-refractivity contribution in [1.29, 1.82) is 0 Å². The van der Waals surface area contributed by atoms with Gasteiger partial charge in [0.2, 0.25) is 0 Å². The van der Waals surface area contributed by atoms with Crippen molar-refractivity contribution in [3.05, 3.63) is 235 Å². The quantitative estimate of drug-likeness (QED) is 0.151. The second kappa shape index (κ2) is 30.6. The van der Waals surface area contributed by atoms with Gasteiger partial charge in [-0.1, -0.05) is 0 Å². The highest BCUT2D eigenvalue weighted by Gasteiger charge is 2.22. The normalized spacial score (nSPS) is 11.2. The van der Waals surface area contributed by atoms with Gasteiger partial charge in [-0.05, 0) is 490 Å². The predicted octanol–water partition coefficient (Wildman–Crippen LogP) is 26.4. The minimum absolute atomic E-state index is 1.15. The van der Waals surface area contributed by atoms with Crippen LogP contribution in [0, 0.1) is 291 Å². The molecule has 6 aromatic carbocycles. The van der Waals surface area contributed by atoms with Crippen LogP contribution in [0.15, 0.2) is 0 Å². The van der Waals surface area contributed by atoms with E-state index in [-0.39, 0.29) is 0 Å². The molecule has 0 atom stereocenters. The molecule has 0 radical (unpaired) electrons. The summed E-state index contributed by atoms with van der Waals surface area (Å²) in [4.78, 5) is 28.2. The third-order valence-electron chi connectivity index (χ3n) is 25.9. The minimum atomic E-state index is 1.15. The average Bonchev–Trinajstić information content (AvgIpc) is 0.797. The van der Waals surface area contributed by atoms with Crippen LogP contribution < -0.4 is 0 Å². The number of fused-ring (bicyclic) bond motifs is 6. The van der Waals surface area contributed by atoms with E-state index in [0.717, 1.165) is 62.6 Å². The molecule has 6 heterocycles. The number of pyridine rings is 6. The summed E-state index contributed by atoms with van der Waals surface area (Å²) in [5.74, 6) is 0. The molecule has 0 amide bonds. The van der Waals surface area contributed by atoms with Crippen molar-refractivity contribution in [1.82, 2.24) is 29.9 Å². The number of benzene rings is 6. The fourth-order valence-electron chi connectivity index (χ4n) is 16.6. The third kappa shape index (κ3) is 14.1. The summed E-state index contributed by atoms with van der Waals surface area (Å²) in [5, 5.41) is 15.2. The number of hydrogen-bond acceptors (Lipinski definition) is 6. The van der Waals surface area contributed by atoms with E-state index in [1.165, 1.54) is 237 Å². The van der Waals surface area contributed by atoms with Gasteiger partial charge in [-0.15, -0.1) is 0 Å². The molecule has 0 spiro atoms. The van der Waals surface area contributed by atoms with Crippen molar-refractivity contribution < 1.29 is 0 Å². The first-order chi connectivity index (χ1) is 47.1. The Labute approximate surface area is 616 Å². The molecule has 0 N–H and O–H groups in total. The van der Waals surface area contributed by atoms with Crippen LogP contribution in [0.25, 0.3) is 64.8 Å². The summed E-state index contributed by atoms with van der Waals surface area (Å²) in [7, 11) is 0. The Morgan fingerprint density at radius 1 is 0.0882 bits per heavy atom. The van der Waals surface area contributed by atoms with Crippen molar-refractivity contribution in [2.75, 3.05) is 0 Å². The van der Waals surface area contributed by atoms with Crippen molar-refractivity contribution in [3.63, 3.8) is 0 Å². The van der Waals surface area contributed by atoms with E-state index in [0.29, 0.717) is 0 Å². The third-order valence-corrected chi connectivity index (χ3v) is 25.9. The van der Waals surface area contributed by atoms with E-state index in [2.05, 4.69) is 316 Å². The first-order valence-electron chi connectivity index (χ1n) is 37.2. The Morgan fingerprint density at radius 3 is 0.392 bits per heavy atom. The summed E-state index contributed by atoms with van der Waals surface area (Å²) in [6.07, 6.45) is 0. The molecule has 0 saturated carbocycles. The van der Waals surface area contributed by atoms with Gasteiger partial charge in [0, 0.05) is 95.0 Å². The summed E-state index contributed by atoms with van der Waals surface area (Å²) in [5.41, 5.74) is 56.9. The molecule has 6 nitrogen and oxygen atoms in total. The van der Waals surface area contributed by atoms with Gasteiger partial charge in [0.05, 0.1) is 5.52 Å². The standard InChI is InChI=1S/6C16H21N/c1-8-9(2)13(6)16-15(11(8)4)12(5)10(3)14(7)17-16;5*1-8-9(2)11(4)16-14(7)17-13(6)12(5)15(16)10(8)3/h6*1-7H3. The van der Waals surface area contributed by atoms with Crippen molar-refractivity contribution in [2.24, 2.45) is 0 Å². The van der Waals surface area contributed by atoms with Crippen molar-refractivity contribution in [2.45, 2.75) is 291 Å². The lowest BCUT2D eigenvalue weighted by atomic mass is 9.89. The molecule has 12 rings (SSSR count). The maximum absolute atomic E-state index is 4.80. The Morgan fingerprint density at radius 2 is 0.216 bits per heavy atom. The van der Waals surface area contributed by atoms with E-state index in [1.54, 1.807) is 0 Å². The zero-order valence-corrected chi connectivity index (χ0v) is 71.7. The number of aromatic nitrogens is 6. The number of aryl methyl sites for hydroxylation is 29. The first kappa shape index (κ1) is 81.1. The molecular formula is C96H126N6. The Hall–Kier alpha value is -8.22. The molecule has 0 aliphatic carbocycles. The highest BCUT2D eigenvalue weighted by Crippen LogP contribution is 2.40. The molecule has 0 aliphatic heterocycles. The fourth-order valence-corrected chi connectivity index (χ4v) is 16.6.